The summed E-state index contributed by atoms with van der Waals surface area (Å²) in [6.07, 6.45) is 0. The fourth-order valence-electron chi connectivity index (χ4n) is 2.00. The lowest BCUT2D eigenvalue weighted by Gasteiger charge is -2.03. The molecule has 2 aromatic carbocycles. The second-order valence-electron chi connectivity index (χ2n) is 4.17. The number of hydrogen-bond donors (Lipinski definition) is 1. The van der Waals surface area contributed by atoms with Gasteiger partial charge in [-0.05, 0) is 30.3 Å². The Hall–Kier alpha value is -1.92. The van der Waals surface area contributed by atoms with Crippen molar-refractivity contribution in [2.24, 2.45) is 0 Å². The van der Waals surface area contributed by atoms with Crippen LogP contribution < -0.4 is 5.32 Å². The topological polar surface area (TPSA) is 55.2 Å². The Balaban J connectivity index is 2.11. The SMILES string of the molecule is O=[N+]([O-])c1c(Nc2cccc(Br)c2)sc2ccccc12. The van der Waals surface area contributed by atoms with Crippen molar-refractivity contribution in [2.75, 3.05) is 5.32 Å². The Morgan fingerprint density at radius 2 is 1.95 bits per heavy atom. The van der Waals surface area contributed by atoms with Crippen LogP contribution in [0.2, 0.25) is 0 Å². The second-order valence-corrected chi connectivity index (χ2v) is 6.14. The molecule has 0 radical (unpaired) electrons. The fraction of sp³-hybridized carbons (Fsp3) is 0. The predicted octanol–water partition coefficient (Wildman–Crippen LogP) is 5.32. The molecule has 3 aromatic rings. The van der Waals surface area contributed by atoms with Crippen molar-refractivity contribution >= 4 is 53.7 Å². The number of halogens is 1. The first-order chi connectivity index (χ1) is 9.65. The van der Waals surface area contributed by atoms with E-state index in [1.54, 1.807) is 6.07 Å². The minimum atomic E-state index is -0.334. The van der Waals surface area contributed by atoms with Gasteiger partial charge in [-0.2, -0.15) is 0 Å². The molecule has 0 amide bonds. The van der Waals surface area contributed by atoms with E-state index in [1.807, 2.05) is 42.5 Å². The smallest absolute Gasteiger partial charge is 0.311 e. The van der Waals surface area contributed by atoms with Crippen molar-refractivity contribution in [1.29, 1.82) is 0 Å². The number of rotatable bonds is 3. The highest BCUT2D eigenvalue weighted by Gasteiger charge is 2.22. The average molecular weight is 349 g/mol. The zero-order chi connectivity index (χ0) is 14.1. The van der Waals surface area contributed by atoms with E-state index in [4.69, 9.17) is 0 Å². The molecule has 1 heterocycles. The summed E-state index contributed by atoms with van der Waals surface area (Å²) in [7, 11) is 0. The fourth-order valence-corrected chi connectivity index (χ4v) is 3.49. The monoisotopic (exact) mass is 348 g/mol. The normalized spacial score (nSPS) is 10.7. The minimum Gasteiger partial charge on any atom is -0.341 e. The van der Waals surface area contributed by atoms with Crippen LogP contribution in [0, 0.1) is 10.1 Å². The molecule has 0 atom stereocenters. The van der Waals surface area contributed by atoms with Crippen LogP contribution in [0.4, 0.5) is 16.4 Å². The Labute approximate surface area is 127 Å². The lowest BCUT2D eigenvalue weighted by Crippen LogP contribution is -1.93. The molecule has 1 N–H and O–H groups in total. The van der Waals surface area contributed by atoms with Crippen molar-refractivity contribution in [1.82, 2.24) is 0 Å². The van der Waals surface area contributed by atoms with E-state index in [2.05, 4.69) is 21.2 Å². The number of nitro groups is 1. The first-order valence-electron chi connectivity index (χ1n) is 5.83. The van der Waals surface area contributed by atoms with E-state index >= 15 is 0 Å². The van der Waals surface area contributed by atoms with E-state index < -0.39 is 0 Å². The van der Waals surface area contributed by atoms with Crippen LogP contribution in [0.15, 0.2) is 53.0 Å². The maximum atomic E-state index is 11.3. The maximum Gasteiger partial charge on any atom is 0.311 e. The summed E-state index contributed by atoms with van der Waals surface area (Å²) in [5, 5.41) is 15.7. The van der Waals surface area contributed by atoms with E-state index in [9.17, 15) is 10.1 Å². The number of nitrogens with zero attached hydrogens (tertiary/aromatic N) is 1. The van der Waals surface area contributed by atoms with Gasteiger partial charge >= 0.3 is 5.69 Å². The van der Waals surface area contributed by atoms with Gasteiger partial charge in [0.25, 0.3) is 0 Å². The standard InChI is InChI=1S/C14H9BrN2O2S/c15-9-4-3-5-10(8-9)16-14-13(17(18)19)11-6-1-2-7-12(11)20-14/h1-8,16H. The number of fused-ring (bicyclic) bond motifs is 1. The zero-order valence-corrected chi connectivity index (χ0v) is 12.6. The summed E-state index contributed by atoms with van der Waals surface area (Å²) >= 11 is 4.77. The van der Waals surface area contributed by atoms with Crippen LogP contribution >= 0.6 is 27.3 Å². The minimum absolute atomic E-state index is 0.130. The third-order valence-electron chi connectivity index (χ3n) is 2.83. The Morgan fingerprint density at radius 3 is 2.70 bits per heavy atom. The Morgan fingerprint density at radius 1 is 1.15 bits per heavy atom. The average Bonchev–Trinajstić information content (AvgIpc) is 2.76. The van der Waals surface area contributed by atoms with Crippen molar-refractivity contribution < 1.29 is 4.92 Å². The van der Waals surface area contributed by atoms with Gasteiger partial charge in [0.1, 0.15) is 0 Å². The van der Waals surface area contributed by atoms with Crippen LogP contribution in [0.25, 0.3) is 10.1 Å². The molecule has 0 aliphatic rings. The number of hydrogen-bond acceptors (Lipinski definition) is 4. The summed E-state index contributed by atoms with van der Waals surface area (Å²) in [5.41, 5.74) is 0.944. The van der Waals surface area contributed by atoms with Crippen molar-refractivity contribution in [3.8, 4) is 0 Å². The van der Waals surface area contributed by atoms with Crippen molar-refractivity contribution in [2.45, 2.75) is 0 Å². The molecule has 1 aromatic heterocycles. The molecule has 100 valence electrons. The Kier molecular flexibility index (Phi) is 3.42. The summed E-state index contributed by atoms with van der Waals surface area (Å²) in [5.74, 6) is 0. The van der Waals surface area contributed by atoms with E-state index in [-0.39, 0.29) is 10.6 Å². The molecule has 0 bridgehead atoms. The van der Waals surface area contributed by atoms with Gasteiger partial charge in [-0.15, -0.1) is 11.3 Å². The van der Waals surface area contributed by atoms with Crippen LogP contribution in [0.5, 0.6) is 0 Å². The van der Waals surface area contributed by atoms with Crippen LogP contribution in [0.1, 0.15) is 0 Å². The van der Waals surface area contributed by atoms with Gasteiger partial charge in [0.2, 0.25) is 0 Å². The third kappa shape index (κ3) is 2.39. The number of nitrogens with one attached hydrogen (secondary N) is 1. The molecule has 4 nitrogen and oxygen atoms in total. The van der Waals surface area contributed by atoms with Gasteiger partial charge in [-0.1, -0.05) is 34.1 Å². The molecule has 0 spiro atoms. The molecule has 0 unspecified atom stereocenters. The molecular weight excluding hydrogens is 340 g/mol. The zero-order valence-electron chi connectivity index (χ0n) is 10.2. The van der Waals surface area contributed by atoms with Crippen LogP contribution in [-0.4, -0.2) is 4.92 Å². The number of benzene rings is 2. The molecule has 6 heteroatoms. The molecule has 0 fully saturated rings. The van der Waals surface area contributed by atoms with E-state index in [0.717, 1.165) is 14.9 Å². The van der Waals surface area contributed by atoms with Gasteiger partial charge in [-0.25, -0.2) is 0 Å². The van der Waals surface area contributed by atoms with Crippen LogP contribution in [-0.2, 0) is 0 Å². The molecule has 0 saturated carbocycles. The first kappa shape index (κ1) is 13.1. The lowest BCUT2D eigenvalue weighted by atomic mass is 10.2. The molecule has 20 heavy (non-hydrogen) atoms. The molecule has 0 aliphatic carbocycles. The van der Waals surface area contributed by atoms with Crippen molar-refractivity contribution in [3.05, 3.63) is 63.1 Å². The predicted molar refractivity (Wildman–Crippen MR) is 85.9 cm³/mol. The van der Waals surface area contributed by atoms with Crippen molar-refractivity contribution in [3.63, 3.8) is 0 Å². The van der Waals surface area contributed by atoms with Gasteiger partial charge < -0.3 is 5.32 Å². The summed E-state index contributed by atoms with van der Waals surface area (Å²) in [6, 6.07) is 14.9. The maximum absolute atomic E-state index is 11.3. The quantitative estimate of drug-likeness (QED) is 0.515. The first-order valence-corrected chi connectivity index (χ1v) is 7.44. The molecule has 3 rings (SSSR count). The van der Waals surface area contributed by atoms with E-state index in [1.165, 1.54) is 11.3 Å². The number of thiophene rings is 1. The van der Waals surface area contributed by atoms with Gasteiger partial charge in [0, 0.05) is 14.9 Å². The van der Waals surface area contributed by atoms with Gasteiger partial charge in [0.05, 0.1) is 10.3 Å². The third-order valence-corrected chi connectivity index (χ3v) is 4.40. The second kappa shape index (κ2) is 5.22. The lowest BCUT2D eigenvalue weighted by molar-refractivity contribution is -0.381. The molecule has 0 aliphatic heterocycles. The molecule has 0 saturated heterocycles. The summed E-state index contributed by atoms with van der Waals surface area (Å²) < 4.78 is 1.82. The highest BCUT2D eigenvalue weighted by atomic mass is 79.9. The highest BCUT2D eigenvalue weighted by Crippen LogP contribution is 2.42. The van der Waals surface area contributed by atoms with Gasteiger partial charge in [0.15, 0.2) is 5.00 Å². The Bertz CT molecular complexity index is 801. The number of anilines is 2. The largest absolute Gasteiger partial charge is 0.341 e. The molecular formula is C14H9BrN2O2S. The highest BCUT2D eigenvalue weighted by molar-refractivity contribution is 9.10. The van der Waals surface area contributed by atoms with Crippen LogP contribution in [0.3, 0.4) is 0 Å². The summed E-state index contributed by atoms with van der Waals surface area (Å²) in [4.78, 5) is 11.0. The summed E-state index contributed by atoms with van der Waals surface area (Å²) in [6.45, 7) is 0. The van der Waals surface area contributed by atoms with E-state index in [0.29, 0.717) is 10.4 Å². The van der Waals surface area contributed by atoms with Gasteiger partial charge in [-0.3, -0.25) is 10.1 Å².